The highest BCUT2D eigenvalue weighted by atomic mass is 32.2. The molecule has 0 unspecified atom stereocenters. The molecule has 0 aliphatic rings. The molecule has 0 aliphatic heterocycles. The van der Waals surface area contributed by atoms with Gasteiger partial charge in [0.1, 0.15) is 0 Å². The molecule has 2 rings (SSSR count). The van der Waals surface area contributed by atoms with E-state index in [0.29, 0.717) is 12.5 Å². The van der Waals surface area contributed by atoms with E-state index in [1.54, 1.807) is 37.4 Å². The second kappa shape index (κ2) is 9.19. The SMILES string of the molecule is CN=C(NCCNS(=O)(=O)c1ccccc1)N(C)Cc1ccccc1. The Balaban J connectivity index is 1.81. The van der Waals surface area contributed by atoms with Crippen LogP contribution >= 0.6 is 0 Å². The third-order valence-electron chi connectivity index (χ3n) is 3.59. The summed E-state index contributed by atoms with van der Waals surface area (Å²) in [6.07, 6.45) is 0. The number of sulfonamides is 1. The summed E-state index contributed by atoms with van der Waals surface area (Å²) in [7, 11) is 0.170. The van der Waals surface area contributed by atoms with Crippen molar-refractivity contribution in [2.24, 2.45) is 4.99 Å². The van der Waals surface area contributed by atoms with E-state index < -0.39 is 10.0 Å². The lowest BCUT2D eigenvalue weighted by Crippen LogP contribution is -2.42. The fourth-order valence-corrected chi connectivity index (χ4v) is 3.41. The van der Waals surface area contributed by atoms with Crippen molar-refractivity contribution >= 4 is 16.0 Å². The number of benzene rings is 2. The van der Waals surface area contributed by atoms with Gasteiger partial charge in [0, 0.05) is 33.7 Å². The minimum atomic E-state index is -3.48. The van der Waals surface area contributed by atoms with Crippen molar-refractivity contribution in [3.63, 3.8) is 0 Å². The molecule has 0 fully saturated rings. The zero-order chi connectivity index (χ0) is 18.1. The van der Waals surface area contributed by atoms with Gasteiger partial charge in [-0.2, -0.15) is 0 Å². The Morgan fingerprint density at radius 2 is 1.60 bits per heavy atom. The third kappa shape index (κ3) is 5.88. The van der Waals surface area contributed by atoms with Gasteiger partial charge in [0.15, 0.2) is 5.96 Å². The van der Waals surface area contributed by atoms with Crippen LogP contribution in [0.25, 0.3) is 0 Å². The maximum Gasteiger partial charge on any atom is 0.240 e. The summed E-state index contributed by atoms with van der Waals surface area (Å²) >= 11 is 0. The first-order valence-electron chi connectivity index (χ1n) is 8.03. The summed E-state index contributed by atoms with van der Waals surface area (Å²) in [6.45, 7) is 1.43. The molecule has 0 spiro atoms. The first kappa shape index (κ1) is 19.0. The van der Waals surface area contributed by atoms with Crippen LogP contribution in [0.5, 0.6) is 0 Å². The van der Waals surface area contributed by atoms with Gasteiger partial charge in [-0.05, 0) is 17.7 Å². The minimum absolute atomic E-state index is 0.264. The molecular weight excluding hydrogens is 336 g/mol. The highest BCUT2D eigenvalue weighted by Crippen LogP contribution is 2.06. The zero-order valence-electron chi connectivity index (χ0n) is 14.5. The average molecular weight is 360 g/mol. The Hall–Kier alpha value is -2.38. The fraction of sp³-hybridized carbons (Fsp3) is 0.278. The molecule has 25 heavy (non-hydrogen) atoms. The van der Waals surface area contributed by atoms with E-state index in [1.807, 2.05) is 30.1 Å². The van der Waals surface area contributed by atoms with Gasteiger partial charge in [0.05, 0.1) is 4.90 Å². The zero-order valence-corrected chi connectivity index (χ0v) is 15.3. The first-order chi connectivity index (χ1) is 12.0. The van der Waals surface area contributed by atoms with Gasteiger partial charge in [-0.25, -0.2) is 13.1 Å². The number of aliphatic imine (C=N–C) groups is 1. The van der Waals surface area contributed by atoms with E-state index in [9.17, 15) is 8.42 Å². The second-order valence-electron chi connectivity index (χ2n) is 5.53. The topological polar surface area (TPSA) is 73.8 Å². The van der Waals surface area contributed by atoms with Crippen LogP contribution in [0.4, 0.5) is 0 Å². The first-order valence-corrected chi connectivity index (χ1v) is 9.51. The summed E-state index contributed by atoms with van der Waals surface area (Å²) < 4.78 is 26.9. The molecule has 0 aliphatic carbocycles. The average Bonchev–Trinajstić information content (AvgIpc) is 2.63. The van der Waals surface area contributed by atoms with Crippen LogP contribution in [0.3, 0.4) is 0 Å². The van der Waals surface area contributed by atoms with Crippen LogP contribution in [0.15, 0.2) is 70.6 Å². The molecule has 134 valence electrons. The summed E-state index contributed by atoms with van der Waals surface area (Å²) in [5.74, 6) is 0.711. The predicted molar refractivity (Wildman–Crippen MR) is 101 cm³/mol. The van der Waals surface area contributed by atoms with Crippen LogP contribution in [0.2, 0.25) is 0 Å². The molecule has 0 bridgehead atoms. The molecule has 6 nitrogen and oxygen atoms in total. The van der Waals surface area contributed by atoms with E-state index in [2.05, 4.69) is 27.2 Å². The molecule has 0 radical (unpaired) electrons. The summed E-state index contributed by atoms with van der Waals surface area (Å²) in [4.78, 5) is 6.48. The van der Waals surface area contributed by atoms with Crippen LogP contribution in [-0.2, 0) is 16.6 Å². The standard InChI is InChI=1S/C18H24N4O2S/c1-19-18(22(2)15-16-9-5-3-6-10-16)20-13-14-21-25(23,24)17-11-7-4-8-12-17/h3-12,21H,13-15H2,1-2H3,(H,19,20). The van der Waals surface area contributed by atoms with Crippen LogP contribution in [0.1, 0.15) is 5.56 Å². The number of rotatable bonds is 7. The van der Waals surface area contributed by atoms with Crippen molar-refractivity contribution in [2.75, 3.05) is 27.2 Å². The molecule has 0 amide bonds. The van der Waals surface area contributed by atoms with Crippen LogP contribution in [0, 0.1) is 0 Å². The molecule has 0 saturated carbocycles. The highest BCUT2D eigenvalue weighted by Gasteiger charge is 2.12. The van der Waals surface area contributed by atoms with Crippen molar-refractivity contribution < 1.29 is 8.42 Å². The van der Waals surface area contributed by atoms with Gasteiger partial charge < -0.3 is 10.2 Å². The number of hydrogen-bond acceptors (Lipinski definition) is 3. The largest absolute Gasteiger partial charge is 0.355 e. The highest BCUT2D eigenvalue weighted by molar-refractivity contribution is 7.89. The van der Waals surface area contributed by atoms with Crippen molar-refractivity contribution in [1.29, 1.82) is 0 Å². The van der Waals surface area contributed by atoms with Crippen molar-refractivity contribution in [3.05, 3.63) is 66.2 Å². The van der Waals surface area contributed by atoms with Gasteiger partial charge in [-0.1, -0.05) is 48.5 Å². The lowest BCUT2D eigenvalue weighted by molar-refractivity contribution is 0.477. The predicted octanol–water partition coefficient (Wildman–Crippen LogP) is 1.67. The summed E-state index contributed by atoms with van der Waals surface area (Å²) in [5, 5.41) is 3.16. The number of hydrogen-bond donors (Lipinski definition) is 2. The number of nitrogens with one attached hydrogen (secondary N) is 2. The Kier molecular flexibility index (Phi) is 6.97. The lowest BCUT2D eigenvalue weighted by Gasteiger charge is -2.22. The van der Waals surface area contributed by atoms with Gasteiger partial charge in [-0.3, -0.25) is 4.99 Å². The Morgan fingerprint density at radius 3 is 2.20 bits per heavy atom. The van der Waals surface area contributed by atoms with Gasteiger partial charge in [0.25, 0.3) is 0 Å². The molecule has 0 heterocycles. The molecule has 2 aromatic carbocycles. The summed E-state index contributed by atoms with van der Waals surface area (Å²) in [6, 6.07) is 18.4. The van der Waals surface area contributed by atoms with Crippen LogP contribution < -0.4 is 10.0 Å². The lowest BCUT2D eigenvalue weighted by atomic mass is 10.2. The van der Waals surface area contributed by atoms with Gasteiger partial charge in [-0.15, -0.1) is 0 Å². The number of nitrogens with zero attached hydrogens (tertiary/aromatic N) is 2. The maximum absolute atomic E-state index is 12.1. The summed E-state index contributed by atoms with van der Waals surface area (Å²) in [5.41, 5.74) is 1.18. The van der Waals surface area contributed by atoms with Crippen molar-refractivity contribution in [1.82, 2.24) is 14.9 Å². The fourth-order valence-electron chi connectivity index (χ4n) is 2.36. The maximum atomic E-state index is 12.1. The van der Waals surface area contributed by atoms with Gasteiger partial charge in [0.2, 0.25) is 10.0 Å². The Morgan fingerprint density at radius 1 is 1.00 bits per heavy atom. The monoisotopic (exact) mass is 360 g/mol. The molecular formula is C18H24N4O2S. The molecule has 0 aromatic heterocycles. The Labute approximate surface area is 149 Å². The quantitative estimate of drug-likeness (QED) is 0.448. The smallest absolute Gasteiger partial charge is 0.240 e. The molecule has 2 aromatic rings. The normalized spacial score (nSPS) is 12.0. The van der Waals surface area contributed by atoms with E-state index in [1.165, 1.54) is 5.56 Å². The molecule has 0 saturated heterocycles. The molecule has 0 atom stereocenters. The van der Waals surface area contributed by atoms with Gasteiger partial charge >= 0.3 is 0 Å². The van der Waals surface area contributed by atoms with Crippen molar-refractivity contribution in [3.8, 4) is 0 Å². The second-order valence-corrected chi connectivity index (χ2v) is 7.29. The van der Waals surface area contributed by atoms with E-state index in [0.717, 1.165) is 6.54 Å². The molecule has 2 N–H and O–H groups in total. The number of guanidine groups is 1. The van der Waals surface area contributed by atoms with E-state index in [-0.39, 0.29) is 11.4 Å². The van der Waals surface area contributed by atoms with E-state index >= 15 is 0 Å². The van der Waals surface area contributed by atoms with Crippen LogP contribution in [-0.4, -0.2) is 46.5 Å². The van der Waals surface area contributed by atoms with Crippen molar-refractivity contribution in [2.45, 2.75) is 11.4 Å². The third-order valence-corrected chi connectivity index (χ3v) is 5.07. The minimum Gasteiger partial charge on any atom is -0.355 e. The molecule has 7 heteroatoms. The Bertz CT molecular complexity index is 777. The van der Waals surface area contributed by atoms with E-state index in [4.69, 9.17) is 0 Å².